The summed E-state index contributed by atoms with van der Waals surface area (Å²) in [6.07, 6.45) is 8.57. The molecule has 1 saturated heterocycles. The molecule has 2 fully saturated rings. The first kappa shape index (κ1) is 9.47. The zero-order valence-electron chi connectivity index (χ0n) is 8.24. The Balaban J connectivity index is 1.73. The maximum absolute atomic E-state index is 9.93. The third-order valence-electron chi connectivity index (χ3n) is 3.47. The molecule has 2 nitrogen and oxygen atoms in total. The highest BCUT2D eigenvalue weighted by Crippen LogP contribution is 2.31. The second-order valence-corrected chi connectivity index (χ2v) is 4.48. The number of hydrogen-bond donors (Lipinski definition) is 1. The molecule has 0 spiro atoms. The van der Waals surface area contributed by atoms with Crippen LogP contribution in [0.25, 0.3) is 0 Å². The average molecular weight is 184 g/mol. The highest BCUT2D eigenvalue weighted by molar-refractivity contribution is 4.78. The molecular weight excluding hydrogens is 164 g/mol. The maximum atomic E-state index is 9.93. The molecule has 76 valence electrons. The van der Waals surface area contributed by atoms with Crippen LogP contribution in [0.15, 0.2) is 0 Å². The zero-order chi connectivity index (χ0) is 9.10. The Labute approximate surface area is 80.3 Å². The molecule has 2 unspecified atom stereocenters. The molecule has 0 aromatic rings. The summed E-state index contributed by atoms with van der Waals surface area (Å²) in [7, 11) is 0. The lowest BCUT2D eigenvalue weighted by molar-refractivity contribution is 0.0286. The number of aliphatic hydroxyl groups excluding tert-OH is 1. The Morgan fingerprint density at radius 1 is 1.15 bits per heavy atom. The zero-order valence-corrected chi connectivity index (χ0v) is 8.24. The summed E-state index contributed by atoms with van der Waals surface area (Å²) in [6, 6.07) is 0. The first-order valence-electron chi connectivity index (χ1n) is 5.66. The molecule has 1 N–H and O–H groups in total. The number of rotatable bonds is 3. The molecule has 2 rings (SSSR count). The minimum absolute atomic E-state index is 0.0920. The normalized spacial score (nSPS) is 32.5. The molecular formula is C11H20O2. The summed E-state index contributed by atoms with van der Waals surface area (Å²) in [5.41, 5.74) is 0. The van der Waals surface area contributed by atoms with E-state index in [1.807, 2.05) is 0 Å². The number of ether oxygens (including phenoxy) is 1. The molecule has 1 aliphatic carbocycles. The Bertz CT molecular complexity index is 146. The number of aliphatic hydroxyl groups is 1. The van der Waals surface area contributed by atoms with Gasteiger partial charge >= 0.3 is 0 Å². The second-order valence-electron chi connectivity index (χ2n) is 4.48. The van der Waals surface area contributed by atoms with Crippen LogP contribution in [-0.2, 0) is 4.74 Å². The average Bonchev–Trinajstić information content (AvgIpc) is 2.74. The van der Waals surface area contributed by atoms with Crippen molar-refractivity contribution in [1.82, 2.24) is 0 Å². The van der Waals surface area contributed by atoms with E-state index in [1.165, 1.54) is 32.1 Å². The van der Waals surface area contributed by atoms with Gasteiger partial charge in [-0.1, -0.05) is 12.8 Å². The van der Waals surface area contributed by atoms with Crippen molar-refractivity contribution in [3.8, 4) is 0 Å². The molecule has 13 heavy (non-hydrogen) atoms. The van der Waals surface area contributed by atoms with Gasteiger partial charge < -0.3 is 9.84 Å². The van der Waals surface area contributed by atoms with E-state index >= 15 is 0 Å². The van der Waals surface area contributed by atoms with E-state index < -0.39 is 0 Å². The summed E-state index contributed by atoms with van der Waals surface area (Å²) in [6.45, 7) is 0.905. The monoisotopic (exact) mass is 184 g/mol. The van der Waals surface area contributed by atoms with E-state index in [9.17, 15) is 5.11 Å². The van der Waals surface area contributed by atoms with Gasteiger partial charge in [-0.2, -0.15) is 0 Å². The standard InChI is InChI=1S/C11H20O2/c12-11(9-4-1-2-5-9)8-10-6-3-7-13-10/h9-12H,1-8H2. The van der Waals surface area contributed by atoms with Crippen LogP contribution in [0.3, 0.4) is 0 Å². The van der Waals surface area contributed by atoms with Crippen molar-refractivity contribution < 1.29 is 9.84 Å². The Morgan fingerprint density at radius 2 is 1.92 bits per heavy atom. The first-order valence-corrected chi connectivity index (χ1v) is 5.66. The van der Waals surface area contributed by atoms with Gasteiger partial charge in [-0.3, -0.25) is 0 Å². The van der Waals surface area contributed by atoms with Crippen LogP contribution >= 0.6 is 0 Å². The van der Waals surface area contributed by atoms with Crippen molar-refractivity contribution in [2.45, 2.75) is 57.2 Å². The van der Waals surface area contributed by atoms with Gasteiger partial charge in [0.05, 0.1) is 12.2 Å². The van der Waals surface area contributed by atoms with E-state index in [2.05, 4.69) is 0 Å². The predicted octanol–water partition coefficient (Wildman–Crippen LogP) is 2.11. The Hall–Kier alpha value is -0.0800. The van der Waals surface area contributed by atoms with Gasteiger partial charge in [0.15, 0.2) is 0 Å². The SMILES string of the molecule is OC(CC1CCCO1)C1CCCC1. The van der Waals surface area contributed by atoms with Gasteiger partial charge in [0.25, 0.3) is 0 Å². The van der Waals surface area contributed by atoms with Crippen molar-refractivity contribution in [3.05, 3.63) is 0 Å². The minimum atomic E-state index is -0.0920. The fraction of sp³-hybridized carbons (Fsp3) is 1.00. The predicted molar refractivity (Wildman–Crippen MR) is 51.6 cm³/mol. The summed E-state index contributed by atoms with van der Waals surface area (Å²) in [5, 5.41) is 9.93. The second kappa shape index (κ2) is 4.43. The van der Waals surface area contributed by atoms with Crippen LogP contribution in [0.1, 0.15) is 44.9 Å². The Kier molecular flexibility index (Phi) is 3.23. The minimum Gasteiger partial charge on any atom is -0.393 e. The van der Waals surface area contributed by atoms with Gasteiger partial charge in [-0.15, -0.1) is 0 Å². The van der Waals surface area contributed by atoms with Gasteiger partial charge in [-0.25, -0.2) is 0 Å². The van der Waals surface area contributed by atoms with Crippen LogP contribution < -0.4 is 0 Å². The van der Waals surface area contributed by atoms with Crippen molar-refractivity contribution >= 4 is 0 Å². The van der Waals surface area contributed by atoms with Crippen molar-refractivity contribution in [2.75, 3.05) is 6.61 Å². The lowest BCUT2D eigenvalue weighted by atomic mass is 9.95. The van der Waals surface area contributed by atoms with Gasteiger partial charge in [-0.05, 0) is 38.0 Å². The van der Waals surface area contributed by atoms with Crippen molar-refractivity contribution in [2.24, 2.45) is 5.92 Å². The largest absolute Gasteiger partial charge is 0.393 e. The molecule has 2 aliphatic rings. The maximum Gasteiger partial charge on any atom is 0.0600 e. The van der Waals surface area contributed by atoms with Crippen molar-refractivity contribution in [3.63, 3.8) is 0 Å². The highest BCUT2D eigenvalue weighted by atomic mass is 16.5. The molecule has 1 heterocycles. The lowest BCUT2D eigenvalue weighted by Crippen LogP contribution is -2.23. The quantitative estimate of drug-likeness (QED) is 0.728. The van der Waals surface area contributed by atoms with E-state index in [0.717, 1.165) is 19.4 Å². The van der Waals surface area contributed by atoms with Gasteiger partial charge in [0.1, 0.15) is 0 Å². The van der Waals surface area contributed by atoms with E-state index in [0.29, 0.717) is 12.0 Å². The molecule has 0 aromatic carbocycles. The smallest absolute Gasteiger partial charge is 0.0600 e. The van der Waals surface area contributed by atoms with E-state index in [-0.39, 0.29) is 6.10 Å². The van der Waals surface area contributed by atoms with E-state index in [1.54, 1.807) is 0 Å². The van der Waals surface area contributed by atoms with E-state index in [4.69, 9.17) is 4.74 Å². The molecule has 0 amide bonds. The molecule has 0 radical (unpaired) electrons. The van der Waals surface area contributed by atoms with Crippen LogP contribution in [0.4, 0.5) is 0 Å². The van der Waals surface area contributed by atoms with Crippen LogP contribution in [0.5, 0.6) is 0 Å². The molecule has 2 atom stereocenters. The van der Waals surface area contributed by atoms with Crippen molar-refractivity contribution in [1.29, 1.82) is 0 Å². The third-order valence-corrected chi connectivity index (χ3v) is 3.47. The molecule has 1 aliphatic heterocycles. The fourth-order valence-electron chi connectivity index (χ4n) is 2.63. The van der Waals surface area contributed by atoms with Gasteiger partial charge in [0, 0.05) is 6.61 Å². The molecule has 2 heteroatoms. The molecule has 0 bridgehead atoms. The van der Waals surface area contributed by atoms with Crippen LogP contribution in [0.2, 0.25) is 0 Å². The first-order chi connectivity index (χ1) is 6.36. The summed E-state index contributed by atoms with van der Waals surface area (Å²) in [5.74, 6) is 0.573. The third kappa shape index (κ3) is 2.44. The summed E-state index contributed by atoms with van der Waals surface area (Å²) in [4.78, 5) is 0. The fourth-order valence-corrected chi connectivity index (χ4v) is 2.63. The molecule has 0 aromatic heterocycles. The van der Waals surface area contributed by atoms with Crippen LogP contribution in [-0.4, -0.2) is 23.9 Å². The highest BCUT2D eigenvalue weighted by Gasteiger charge is 2.27. The molecule has 1 saturated carbocycles. The van der Waals surface area contributed by atoms with Gasteiger partial charge in [0.2, 0.25) is 0 Å². The van der Waals surface area contributed by atoms with Crippen LogP contribution in [0, 0.1) is 5.92 Å². The lowest BCUT2D eigenvalue weighted by Gasteiger charge is -2.20. The topological polar surface area (TPSA) is 29.5 Å². The summed E-state index contributed by atoms with van der Waals surface area (Å²) < 4.78 is 5.52. The number of hydrogen-bond acceptors (Lipinski definition) is 2. The Morgan fingerprint density at radius 3 is 2.54 bits per heavy atom. The summed E-state index contributed by atoms with van der Waals surface area (Å²) >= 11 is 0.